The van der Waals surface area contributed by atoms with Gasteiger partial charge in [-0.3, -0.25) is 9.59 Å². The molecule has 6 heteroatoms. The zero-order valence-electron chi connectivity index (χ0n) is 19.0. The first-order valence-electron chi connectivity index (χ1n) is 11.0. The van der Waals surface area contributed by atoms with E-state index in [1.807, 2.05) is 85.6 Å². The number of Topliss-reactive ketones (excluding diaryl/α,β-unsaturated/α-hetero) is 1. The first-order valence-corrected chi connectivity index (χ1v) is 11.0. The van der Waals surface area contributed by atoms with Crippen molar-refractivity contribution in [3.05, 3.63) is 102 Å². The maximum absolute atomic E-state index is 13.2. The van der Waals surface area contributed by atoms with Gasteiger partial charge in [-0.2, -0.15) is 5.10 Å². The predicted octanol–water partition coefficient (Wildman–Crippen LogP) is 5.56. The number of rotatable bonds is 3. The number of carboxylic acids is 1. The van der Waals surface area contributed by atoms with Crippen molar-refractivity contribution in [2.45, 2.75) is 39.5 Å². The lowest BCUT2D eigenvalue weighted by Crippen LogP contribution is -2.45. The molecule has 170 valence electrons. The van der Waals surface area contributed by atoms with Crippen molar-refractivity contribution in [1.82, 2.24) is 5.01 Å². The normalized spacial score (nSPS) is 17.5. The van der Waals surface area contributed by atoms with Crippen LogP contribution >= 0.6 is 0 Å². The fourth-order valence-corrected chi connectivity index (χ4v) is 3.76. The van der Waals surface area contributed by atoms with E-state index >= 15 is 0 Å². The van der Waals surface area contributed by atoms with E-state index < -0.39 is 12.2 Å². The van der Waals surface area contributed by atoms with Gasteiger partial charge in [-0.15, -0.1) is 0 Å². The van der Waals surface area contributed by atoms with E-state index in [9.17, 15) is 4.79 Å². The van der Waals surface area contributed by atoms with E-state index in [0.29, 0.717) is 5.56 Å². The number of hydrogen-bond acceptors (Lipinski definition) is 5. The molecule has 2 aliphatic rings. The number of ether oxygens (including phenoxy) is 1. The minimum absolute atomic E-state index is 0.00261. The molecule has 6 nitrogen and oxygen atoms in total. The summed E-state index contributed by atoms with van der Waals surface area (Å²) < 4.78 is 6.12. The lowest BCUT2D eigenvalue weighted by atomic mass is 9.96. The van der Waals surface area contributed by atoms with Crippen LogP contribution in [0.15, 0.2) is 90.0 Å². The standard InChI is InChI=1S/C23H18N2O2.C2H4O2.C2H6/c26-22(17-11-5-2-6-12-17)23-25-20(18-13-7-8-14-21(18)27-23)15-19(24-25)16-9-3-1-4-10-16;1-2(3)4;1-2/h1-14,20,23H,15H2;1H3,(H,3,4);1-2H3. The van der Waals surface area contributed by atoms with Gasteiger partial charge in [0.05, 0.1) is 11.8 Å². The molecule has 2 heterocycles. The molecule has 0 fully saturated rings. The highest BCUT2D eigenvalue weighted by Crippen LogP contribution is 2.43. The summed E-state index contributed by atoms with van der Waals surface area (Å²) in [6, 6.07) is 27.3. The van der Waals surface area contributed by atoms with Crippen LogP contribution in [0.3, 0.4) is 0 Å². The summed E-state index contributed by atoms with van der Waals surface area (Å²) >= 11 is 0. The average molecular weight is 445 g/mol. The van der Waals surface area contributed by atoms with Crippen LogP contribution in [-0.2, 0) is 4.79 Å². The Labute approximate surface area is 194 Å². The molecule has 0 bridgehead atoms. The fourth-order valence-electron chi connectivity index (χ4n) is 3.76. The number of carbonyl (C=O) groups is 2. The van der Waals surface area contributed by atoms with Crippen molar-refractivity contribution < 1.29 is 19.4 Å². The molecule has 5 rings (SSSR count). The van der Waals surface area contributed by atoms with Crippen LogP contribution in [0.1, 0.15) is 54.7 Å². The number of nitrogens with zero attached hydrogens (tertiary/aromatic N) is 2. The minimum Gasteiger partial charge on any atom is -0.481 e. The molecule has 3 aromatic carbocycles. The third-order valence-corrected chi connectivity index (χ3v) is 5.09. The van der Waals surface area contributed by atoms with Gasteiger partial charge in [-0.25, -0.2) is 5.01 Å². The summed E-state index contributed by atoms with van der Waals surface area (Å²) in [5, 5.41) is 14.1. The monoisotopic (exact) mass is 444 g/mol. The maximum atomic E-state index is 13.2. The summed E-state index contributed by atoms with van der Waals surface area (Å²) in [6.07, 6.45) is -0.00307. The molecule has 0 aromatic heterocycles. The molecule has 3 aromatic rings. The van der Waals surface area contributed by atoms with E-state index in [2.05, 4.69) is 18.2 Å². The van der Waals surface area contributed by atoms with Gasteiger partial charge in [-0.1, -0.05) is 92.7 Å². The third-order valence-electron chi connectivity index (χ3n) is 5.09. The number of ketones is 1. The van der Waals surface area contributed by atoms with Crippen LogP contribution in [0.2, 0.25) is 0 Å². The Morgan fingerprint density at radius 3 is 2.09 bits per heavy atom. The van der Waals surface area contributed by atoms with Crippen molar-refractivity contribution in [3.63, 3.8) is 0 Å². The van der Waals surface area contributed by atoms with Crippen molar-refractivity contribution in [2.24, 2.45) is 5.10 Å². The predicted molar refractivity (Wildman–Crippen MR) is 128 cm³/mol. The Hall–Kier alpha value is -3.93. The topological polar surface area (TPSA) is 79.2 Å². The number of benzene rings is 3. The van der Waals surface area contributed by atoms with Crippen LogP contribution in [0.5, 0.6) is 5.75 Å². The van der Waals surface area contributed by atoms with Gasteiger partial charge in [0.15, 0.2) is 0 Å². The van der Waals surface area contributed by atoms with Crippen LogP contribution in [0.4, 0.5) is 0 Å². The van der Waals surface area contributed by atoms with Crippen molar-refractivity contribution in [2.75, 3.05) is 0 Å². The summed E-state index contributed by atoms with van der Waals surface area (Å²) in [5.41, 5.74) is 3.76. The van der Waals surface area contributed by atoms with Gasteiger partial charge in [0.1, 0.15) is 5.75 Å². The molecule has 0 saturated heterocycles. The first-order chi connectivity index (χ1) is 16.0. The highest BCUT2D eigenvalue weighted by atomic mass is 16.5. The van der Waals surface area contributed by atoms with Crippen LogP contribution < -0.4 is 4.74 Å². The minimum atomic E-state index is -0.833. The second-order valence-corrected chi connectivity index (χ2v) is 7.27. The highest BCUT2D eigenvalue weighted by molar-refractivity contribution is 6.03. The van der Waals surface area contributed by atoms with Gasteiger partial charge in [-0.05, 0) is 11.6 Å². The number of carboxylic acid groups (broad SMARTS) is 1. The van der Waals surface area contributed by atoms with Crippen molar-refractivity contribution >= 4 is 17.5 Å². The molecule has 0 amide bonds. The lowest BCUT2D eigenvalue weighted by Gasteiger charge is -2.37. The highest BCUT2D eigenvalue weighted by Gasteiger charge is 2.43. The summed E-state index contributed by atoms with van der Waals surface area (Å²) in [6.45, 7) is 5.08. The zero-order valence-corrected chi connectivity index (χ0v) is 19.0. The molecule has 2 atom stereocenters. The largest absolute Gasteiger partial charge is 0.481 e. The number of fused-ring (bicyclic) bond motifs is 3. The van der Waals surface area contributed by atoms with E-state index in [0.717, 1.165) is 35.9 Å². The SMILES string of the molecule is CC.CC(=O)O.O=C(c1ccccc1)C1Oc2ccccc2C2CC(c3ccccc3)=NN12. The molecule has 0 radical (unpaired) electrons. The Kier molecular flexibility index (Phi) is 7.97. The maximum Gasteiger partial charge on any atom is 0.300 e. The number of hydrazone groups is 1. The second-order valence-electron chi connectivity index (χ2n) is 7.27. The summed E-state index contributed by atoms with van der Waals surface area (Å²) in [7, 11) is 0. The Morgan fingerprint density at radius 2 is 1.45 bits per heavy atom. The van der Waals surface area contributed by atoms with Gasteiger partial charge in [0.2, 0.25) is 5.78 Å². The average Bonchev–Trinajstić information content (AvgIpc) is 3.31. The summed E-state index contributed by atoms with van der Waals surface area (Å²) in [5.74, 6) is -0.147. The van der Waals surface area contributed by atoms with Gasteiger partial charge in [0.25, 0.3) is 12.2 Å². The second kappa shape index (κ2) is 11.1. The molecule has 2 unspecified atom stereocenters. The zero-order chi connectivity index (χ0) is 23.8. The van der Waals surface area contributed by atoms with E-state index in [-0.39, 0.29) is 11.8 Å². The Bertz CT molecular complexity index is 1110. The Morgan fingerprint density at radius 1 is 0.909 bits per heavy atom. The van der Waals surface area contributed by atoms with E-state index in [1.54, 1.807) is 0 Å². The smallest absolute Gasteiger partial charge is 0.300 e. The lowest BCUT2D eigenvalue weighted by molar-refractivity contribution is -0.134. The van der Waals surface area contributed by atoms with E-state index in [4.69, 9.17) is 19.7 Å². The summed E-state index contributed by atoms with van der Waals surface area (Å²) in [4.78, 5) is 22.2. The number of carbonyl (C=O) groups excluding carboxylic acids is 1. The van der Waals surface area contributed by atoms with Gasteiger partial charge >= 0.3 is 0 Å². The molecule has 0 aliphatic carbocycles. The van der Waals surface area contributed by atoms with Crippen LogP contribution in [-0.4, -0.2) is 33.8 Å². The fraction of sp³-hybridized carbons (Fsp3) is 0.222. The van der Waals surface area contributed by atoms with Crippen LogP contribution in [0, 0.1) is 0 Å². The molecule has 0 saturated carbocycles. The Balaban J connectivity index is 0.000000464. The molecular formula is C27H28N2O4. The number of para-hydroxylation sites is 1. The number of hydrogen-bond donors (Lipinski definition) is 1. The molecule has 33 heavy (non-hydrogen) atoms. The van der Waals surface area contributed by atoms with Crippen molar-refractivity contribution in [1.29, 1.82) is 0 Å². The van der Waals surface area contributed by atoms with Gasteiger partial charge < -0.3 is 9.84 Å². The molecular weight excluding hydrogens is 416 g/mol. The van der Waals surface area contributed by atoms with Gasteiger partial charge in [0, 0.05) is 24.5 Å². The van der Waals surface area contributed by atoms with Crippen molar-refractivity contribution in [3.8, 4) is 5.75 Å². The third kappa shape index (κ3) is 5.47. The quantitative estimate of drug-likeness (QED) is 0.535. The van der Waals surface area contributed by atoms with Crippen LogP contribution in [0.25, 0.3) is 0 Å². The number of aliphatic carboxylic acids is 1. The molecule has 2 aliphatic heterocycles. The molecule has 0 spiro atoms. The first kappa shape index (κ1) is 23.7. The van der Waals surface area contributed by atoms with E-state index in [1.165, 1.54) is 0 Å². The molecule has 1 N–H and O–H groups in total.